The molecular weight excluding hydrogens is 408 g/mol. The molecule has 2 N–H and O–H groups in total. The summed E-state index contributed by atoms with van der Waals surface area (Å²) in [6, 6.07) is 15.6. The van der Waals surface area contributed by atoms with Crippen molar-refractivity contribution in [3.05, 3.63) is 59.7 Å². The van der Waals surface area contributed by atoms with Gasteiger partial charge in [-0.05, 0) is 49.9 Å². The first kappa shape index (κ1) is 23.3. The van der Waals surface area contributed by atoms with E-state index in [-0.39, 0.29) is 24.9 Å². The van der Waals surface area contributed by atoms with Crippen LogP contribution in [0.1, 0.15) is 51.2 Å². The van der Waals surface area contributed by atoms with Gasteiger partial charge >= 0.3 is 12.1 Å². The molecule has 2 aromatic rings. The largest absolute Gasteiger partial charge is 0.481 e. The fourth-order valence-electron chi connectivity index (χ4n) is 4.32. The van der Waals surface area contributed by atoms with E-state index in [0.29, 0.717) is 6.54 Å². The lowest BCUT2D eigenvalue weighted by molar-refractivity contribution is -0.143. The molecule has 0 radical (unpaired) electrons. The van der Waals surface area contributed by atoms with Crippen LogP contribution in [0.2, 0.25) is 0 Å². The highest BCUT2D eigenvalue weighted by Gasteiger charge is 2.36. The topological polar surface area (TPSA) is 95.9 Å². The van der Waals surface area contributed by atoms with E-state index in [4.69, 9.17) is 9.84 Å². The van der Waals surface area contributed by atoms with Gasteiger partial charge in [-0.15, -0.1) is 0 Å². The number of carboxylic acids is 1. The van der Waals surface area contributed by atoms with Gasteiger partial charge in [0.25, 0.3) is 0 Å². The molecule has 2 aromatic carbocycles. The van der Waals surface area contributed by atoms with Crippen molar-refractivity contribution in [2.75, 3.05) is 13.2 Å². The Morgan fingerprint density at radius 3 is 2.09 bits per heavy atom. The van der Waals surface area contributed by atoms with E-state index in [9.17, 15) is 14.4 Å². The number of carbonyl (C=O) groups excluding carboxylic acids is 2. The monoisotopic (exact) mass is 438 g/mol. The maximum absolute atomic E-state index is 13.0. The van der Waals surface area contributed by atoms with Crippen LogP contribution in [0.15, 0.2) is 48.5 Å². The molecule has 170 valence electrons. The lowest BCUT2D eigenvalue weighted by Crippen LogP contribution is -2.58. The first-order valence-electron chi connectivity index (χ1n) is 10.8. The first-order chi connectivity index (χ1) is 15.2. The number of rotatable bonds is 8. The fraction of sp³-hybridized carbons (Fsp3) is 0.400. The summed E-state index contributed by atoms with van der Waals surface area (Å²) in [5.74, 6) is -1.41. The lowest BCUT2D eigenvalue weighted by Gasteiger charge is -2.35. The van der Waals surface area contributed by atoms with Crippen molar-refractivity contribution in [1.29, 1.82) is 0 Å². The van der Waals surface area contributed by atoms with E-state index in [0.717, 1.165) is 22.3 Å². The quantitative estimate of drug-likeness (QED) is 0.649. The Morgan fingerprint density at radius 1 is 1.06 bits per heavy atom. The van der Waals surface area contributed by atoms with E-state index in [2.05, 4.69) is 17.4 Å². The first-order valence-corrected chi connectivity index (χ1v) is 10.8. The molecule has 0 fully saturated rings. The van der Waals surface area contributed by atoms with Gasteiger partial charge in [0.05, 0.1) is 6.42 Å². The van der Waals surface area contributed by atoms with Crippen LogP contribution < -0.4 is 5.32 Å². The Labute approximate surface area is 188 Å². The van der Waals surface area contributed by atoms with Crippen molar-refractivity contribution in [2.24, 2.45) is 0 Å². The number of nitrogens with one attached hydrogen (secondary N) is 1. The summed E-state index contributed by atoms with van der Waals surface area (Å²) in [6.45, 7) is 7.12. The molecule has 0 bridgehead atoms. The van der Waals surface area contributed by atoms with E-state index in [1.165, 1.54) is 4.90 Å². The summed E-state index contributed by atoms with van der Waals surface area (Å²) in [4.78, 5) is 38.1. The lowest BCUT2D eigenvalue weighted by atomic mass is 9.98. The number of hydrogen-bond acceptors (Lipinski definition) is 4. The van der Waals surface area contributed by atoms with E-state index in [1.54, 1.807) is 27.7 Å². The molecule has 1 atom stereocenters. The predicted octanol–water partition coefficient (Wildman–Crippen LogP) is 4.02. The normalized spacial score (nSPS) is 13.6. The standard InChI is InChI=1S/C25H30N2O5/c1-5-27(16(2)14-22(28)29)23(30)25(3,4)26-24(31)32-15-21-19-12-8-6-10-17(19)18-11-7-9-13-20(18)21/h6-13,16,21H,5,14-15H2,1-4H3,(H,26,31)(H,28,29). The third-order valence-electron chi connectivity index (χ3n) is 5.90. The molecule has 2 amide bonds. The number of amides is 2. The SMILES string of the molecule is CCN(C(=O)C(C)(C)NC(=O)OCC1c2ccccc2-c2ccccc21)C(C)CC(=O)O. The van der Waals surface area contributed by atoms with Crippen molar-refractivity contribution >= 4 is 18.0 Å². The molecule has 0 aromatic heterocycles. The highest BCUT2D eigenvalue weighted by Crippen LogP contribution is 2.44. The van der Waals surface area contributed by atoms with Gasteiger partial charge in [0.2, 0.25) is 5.91 Å². The number of hydrogen-bond donors (Lipinski definition) is 2. The number of likely N-dealkylation sites (N-methyl/N-ethyl adjacent to an activating group) is 1. The van der Waals surface area contributed by atoms with Gasteiger partial charge in [0, 0.05) is 18.5 Å². The van der Waals surface area contributed by atoms with Gasteiger partial charge in [-0.3, -0.25) is 9.59 Å². The molecule has 0 aliphatic heterocycles. The summed E-state index contributed by atoms with van der Waals surface area (Å²) in [6.07, 6.45) is -0.854. The van der Waals surface area contributed by atoms with Gasteiger partial charge in [0.15, 0.2) is 0 Å². The molecule has 3 rings (SSSR count). The minimum absolute atomic E-state index is 0.0744. The van der Waals surface area contributed by atoms with Gasteiger partial charge in [-0.25, -0.2) is 4.79 Å². The molecule has 0 saturated heterocycles. The van der Waals surface area contributed by atoms with Crippen molar-refractivity contribution in [3.63, 3.8) is 0 Å². The molecule has 7 nitrogen and oxygen atoms in total. The number of fused-ring (bicyclic) bond motifs is 3. The number of nitrogens with zero attached hydrogens (tertiary/aromatic N) is 1. The van der Waals surface area contributed by atoms with Crippen LogP contribution >= 0.6 is 0 Å². The van der Waals surface area contributed by atoms with E-state index >= 15 is 0 Å². The maximum Gasteiger partial charge on any atom is 0.408 e. The number of ether oxygens (including phenoxy) is 1. The second kappa shape index (κ2) is 9.42. The Morgan fingerprint density at radius 2 is 1.59 bits per heavy atom. The van der Waals surface area contributed by atoms with Crippen LogP contribution in [-0.2, 0) is 14.3 Å². The molecule has 1 aliphatic rings. The van der Waals surface area contributed by atoms with Crippen molar-refractivity contribution in [3.8, 4) is 11.1 Å². The average Bonchev–Trinajstić information content (AvgIpc) is 3.05. The predicted molar refractivity (Wildman–Crippen MR) is 121 cm³/mol. The highest BCUT2D eigenvalue weighted by molar-refractivity contribution is 5.89. The van der Waals surface area contributed by atoms with Crippen molar-refractivity contribution in [2.45, 2.75) is 51.6 Å². The van der Waals surface area contributed by atoms with Crippen molar-refractivity contribution < 1.29 is 24.2 Å². The second-order valence-corrected chi connectivity index (χ2v) is 8.61. The van der Waals surface area contributed by atoms with Gasteiger partial charge in [0.1, 0.15) is 12.1 Å². The van der Waals surface area contributed by atoms with Crippen molar-refractivity contribution in [1.82, 2.24) is 10.2 Å². The van der Waals surface area contributed by atoms with Gasteiger partial charge < -0.3 is 20.1 Å². The molecule has 32 heavy (non-hydrogen) atoms. The van der Waals surface area contributed by atoms with E-state index < -0.39 is 23.6 Å². The Kier molecular flexibility index (Phi) is 6.87. The summed E-state index contributed by atoms with van der Waals surface area (Å²) in [5.41, 5.74) is 3.25. The number of alkyl carbamates (subject to hydrolysis) is 1. The highest BCUT2D eigenvalue weighted by atomic mass is 16.5. The zero-order valence-corrected chi connectivity index (χ0v) is 18.9. The summed E-state index contributed by atoms with van der Waals surface area (Å²) in [5, 5.41) is 11.7. The van der Waals surface area contributed by atoms with Crippen LogP contribution in [0.5, 0.6) is 0 Å². The zero-order chi connectivity index (χ0) is 23.5. The summed E-state index contributed by atoms with van der Waals surface area (Å²) in [7, 11) is 0. The molecule has 1 unspecified atom stereocenters. The van der Waals surface area contributed by atoms with Crippen LogP contribution in [0.4, 0.5) is 4.79 Å². The third kappa shape index (κ3) is 4.77. The van der Waals surface area contributed by atoms with Crippen LogP contribution in [0.25, 0.3) is 11.1 Å². The molecular formula is C25H30N2O5. The van der Waals surface area contributed by atoms with E-state index in [1.807, 2.05) is 36.4 Å². The summed E-state index contributed by atoms with van der Waals surface area (Å²) < 4.78 is 5.55. The Bertz CT molecular complexity index is 971. The van der Waals surface area contributed by atoms with Gasteiger partial charge in [-0.1, -0.05) is 48.5 Å². The number of carboxylic acid groups (broad SMARTS) is 1. The van der Waals surface area contributed by atoms with Crippen LogP contribution in [0.3, 0.4) is 0 Å². The summed E-state index contributed by atoms with van der Waals surface area (Å²) >= 11 is 0. The molecule has 1 aliphatic carbocycles. The smallest absolute Gasteiger partial charge is 0.408 e. The van der Waals surface area contributed by atoms with Gasteiger partial charge in [-0.2, -0.15) is 0 Å². The zero-order valence-electron chi connectivity index (χ0n) is 18.9. The average molecular weight is 439 g/mol. The maximum atomic E-state index is 13.0. The third-order valence-corrected chi connectivity index (χ3v) is 5.90. The Hall–Kier alpha value is -3.35. The molecule has 0 heterocycles. The van der Waals surface area contributed by atoms with Crippen LogP contribution in [0, 0.1) is 0 Å². The second-order valence-electron chi connectivity index (χ2n) is 8.61. The minimum atomic E-state index is -1.24. The number of benzene rings is 2. The minimum Gasteiger partial charge on any atom is -0.481 e. The Balaban J connectivity index is 1.67. The molecule has 0 saturated carbocycles. The molecule has 0 spiro atoms. The number of carbonyl (C=O) groups is 3. The molecule has 7 heteroatoms. The number of aliphatic carboxylic acids is 1. The van der Waals surface area contributed by atoms with Crippen LogP contribution in [-0.4, -0.2) is 52.7 Å². The fourth-order valence-corrected chi connectivity index (χ4v) is 4.32.